The predicted octanol–water partition coefficient (Wildman–Crippen LogP) is 2.15. The number of H-pyrrole nitrogens is 1. The average Bonchev–Trinajstić information content (AvgIpc) is 2.17. The van der Waals surface area contributed by atoms with Crippen LogP contribution in [-0.2, 0) is 0 Å². The Morgan fingerprint density at radius 2 is 2.00 bits per heavy atom. The van der Waals surface area contributed by atoms with Gasteiger partial charge in [0.05, 0.1) is 18.0 Å². The van der Waals surface area contributed by atoms with E-state index in [2.05, 4.69) is 4.98 Å². The number of aromatic nitrogens is 1. The summed E-state index contributed by atoms with van der Waals surface area (Å²) in [7, 11) is 1.60. The van der Waals surface area contributed by atoms with E-state index in [0.29, 0.717) is 11.1 Å². The number of nitrogens with one attached hydrogen (secondary N) is 1. The highest BCUT2D eigenvalue weighted by atomic mass is 16.5. The van der Waals surface area contributed by atoms with Gasteiger partial charge in [0.15, 0.2) is 5.43 Å². The van der Waals surface area contributed by atoms with Crippen molar-refractivity contribution < 1.29 is 4.74 Å². The zero-order valence-electron chi connectivity index (χ0n) is 9.05. The molecule has 3 heteroatoms. The molecule has 1 aromatic carbocycles. The summed E-state index contributed by atoms with van der Waals surface area (Å²) in [4.78, 5) is 15.0. The summed E-state index contributed by atoms with van der Waals surface area (Å²) >= 11 is 0. The molecule has 0 bridgehead atoms. The second kappa shape index (κ2) is 3.42. The number of fused-ring (bicyclic) bond motifs is 1. The number of benzene rings is 1. The van der Waals surface area contributed by atoms with Gasteiger partial charge in [0, 0.05) is 11.8 Å². The van der Waals surface area contributed by atoms with E-state index in [0.717, 1.165) is 16.8 Å². The van der Waals surface area contributed by atoms with Crippen LogP contribution < -0.4 is 10.2 Å². The van der Waals surface area contributed by atoms with E-state index in [9.17, 15) is 4.79 Å². The van der Waals surface area contributed by atoms with Gasteiger partial charge in [0.2, 0.25) is 0 Å². The van der Waals surface area contributed by atoms with Crippen molar-refractivity contribution in [1.82, 2.24) is 4.98 Å². The summed E-state index contributed by atoms with van der Waals surface area (Å²) in [6.07, 6.45) is 0. The largest absolute Gasteiger partial charge is 0.495 e. The first kappa shape index (κ1) is 9.77. The van der Waals surface area contributed by atoms with Crippen molar-refractivity contribution in [3.8, 4) is 5.75 Å². The minimum atomic E-state index is 0.0395. The Labute approximate surface area is 87.7 Å². The Bertz CT molecular complexity index is 570. The summed E-state index contributed by atoms with van der Waals surface area (Å²) in [6.45, 7) is 3.79. The lowest BCUT2D eigenvalue weighted by Crippen LogP contribution is -2.05. The van der Waals surface area contributed by atoms with Crippen LogP contribution in [-0.4, -0.2) is 12.1 Å². The van der Waals surface area contributed by atoms with Gasteiger partial charge in [-0.3, -0.25) is 4.79 Å². The van der Waals surface area contributed by atoms with Gasteiger partial charge in [0.1, 0.15) is 5.75 Å². The molecule has 0 atom stereocenters. The fraction of sp³-hybridized carbons (Fsp3) is 0.250. The van der Waals surface area contributed by atoms with Gasteiger partial charge in [-0.2, -0.15) is 0 Å². The Hall–Kier alpha value is -1.77. The standard InChI is InChI=1S/C12H13NO2/c1-7-4-5-10(15-3)12-11(7)9(14)6-8(2)13-12/h4-6H,1-3H3,(H,13,14). The highest BCUT2D eigenvalue weighted by Gasteiger charge is 2.07. The maximum atomic E-state index is 11.8. The van der Waals surface area contributed by atoms with Crippen LogP contribution in [0, 0.1) is 13.8 Å². The lowest BCUT2D eigenvalue weighted by atomic mass is 10.1. The molecule has 15 heavy (non-hydrogen) atoms. The first-order valence-electron chi connectivity index (χ1n) is 4.80. The van der Waals surface area contributed by atoms with Crippen LogP contribution in [0.2, 0.25) is 0 Å². The number of hydrogen-bond acceptors (Lipinski definition) is 2. The van der Waals surface area contributed by atoms with Crippen LogP contribution in [0.4, 0.5) is 0 Å². The van der Waals surface area contributed by atoms with Crippen molar-refractivity contribution in [3.05, 3.63) is 39.7 Å². The second-order valence-electron chi connectivity index (χ2n) is 3.65. The molecule has 0 aliphatic rings. The fourth-order valence-electron chi connectivity index (χ4n) is 1.80. The molecule has 0 saturated carbocycles. The Morgan fingerprint density at radius 3 is 2.67 bits per heavy atom. The molecule has 0 aliphatic carbocycles. The van der Waals surface area contributed by atoms with Crippen LogP contribution in [0.3, 0.4) is 0 Å². The van der Waals surface area contributed by atoms with Crippen molar-refractivity contribution in [2.45, 2.75) is 13.8 Å². The van der Waals surface area contributed by atoms with E-state index in [4.69, 9.17) is 4.74 Å². The predicted molar refractivity (Wildman–Crippen MR) is 60.6 cm³/mol. The normalized spacial score (nSPS) is 10.6. The van der Waals surface area contributed by atoms with Crippen LogP contribution >= 0.6 is 0 Å². The van der Waals surface area contributed by atoms with Crippen molar-refractivity contribution in [3.63, 3.8) is 0 Å². The van der Waals surface area contributed by atoms with E-state index in [1.54, 1.807) is 13.2 Å². The molecule has 1 heterocycles. The number of rotatable bonds is 1. The van der Waals surface area contributed by atoms with E-state index >= 15 is 0 Å². The van der Waals surface area contributed by atoms with E-state index in [1.807, 2.05) is 26.0 Å². The van der Waals surface area contributed by atoms with Crippen LogP contribution in [0.1, 0.15) is 11.3 Å². The summed E-state index contributed by atoms with van der Waals surface area (Å²) in [6, 6.07) is 5.37. The maximum Gasteiger partial charge on any atom is 0.190 e. The Balaban J connectivity index is 3.00. The van der Waals surface area contributed by atoms with Gasteiger partial charge in [-0.05, 0) is 25.5 Å². The van der Waals surface area contributed by atoms with Crippen molar-refractivity contribution in [1.29, 1.82) is 0 Å². The molecule has 0 amide bonds. The molecule has 78 valence electrons. The van der Waals surface area contributed by atoms with Crippen LogP contribution in [0.5, 0.6) is 5.75 Å². The first-order valence-corrected chi connectivity index (χ1v) is 4.80. The second-order valence-corrected chi connectivity index (χ2v) is 3.65. The topological polar surface area (TPSA) is 42.1 Å². The summed E-state index contributed by atoms with van der Waals surface area (Å²) < 4.78 is 5.22. The monoisotopic (exact) mass is 203 g/mol. The van der Waals surface area contributed by atoms with Gasteiger partial charge in [0.25, 0.3) is 0 Å². The zero-order chi connectivity index (χ0) is 11.0. The van der Waals surface area contributed by atoms with Crippen LogP contribution in [0.15, 0.2) is 23.0 Å². The molecule has 1 aromatic heterocycles. The zero-order valence-corrected chi connectivity index (χ0v) is 9.05. The first-order chi connectivity index (χ1) is 7.13. The summed E-state index contributed by atoms with van der Waals surface area (Å²) in [5, 5.41) is 0.708. The van der Waals surface area contributed by atoms with Gasteiger partial charge in [-0.15, -0.1) is 0 Å². The summed E-state index contributed by atoms with van der Waals surface area (Å²) in [5.41, 5.74) is 2.63. The third kappa shape index (κ3) is 1.50. The molecule has 0 saturated heterocycles. The number of aryl methyl sites for hydroxylation is 2. The number of aromatic amines is 1. The quantitative estimate of drug-likeness (QED) is 0.771. The smallest absolute Gasteiger partial charge is 0.190 e. The number of ether oxygens (including phenoxy) is 1. The van der Waals surface area contributed by atoms with Crippen LogP contribution in [0.25, 0.3) is 10.9 Å². The molecule has 1 N–H and O–H groups in total. The number of methoxy groups -OCH3 is 1. The van der Waals surface area contributed by atoms with Gasteiger partial charge < -0.3 is 9.72 Å². The Morgan fingerprint density at radius 1 is 1.27 bits per heavy atom. The molecule has 0 fully saturated rings. The van der Waals surface area contributed by atoms with Crippen molar-refractivity contribution in [2.24, 2.45) is 0 Å². The minimum Gasteiger partial charge on any atom is -0.495 e. The third-order valence-electron chi connectivity index (χ3n) is 2.51. The SMILES string of the molecule is COc1ccc(C)c2c(=O)cc(C)[nH]c12. The number of pyridine rings is 1. The molecular weight excluding hydrogens is 190 g/mol. The van der Waals surface area contributed by atoms with E-state index in [-0.39, 0.29) is 5.43 Å². The lowest BCUT2D eigenvalue weighted by molar-refractivity contribution is 0.418. The summed E-state index contributed by atoms with van der Waals surface area (Å²) in [5.74, 6) is 0.705. The maximum absolute atomic E-state index is 11.8. The van der Waals surface area contributed by atoms with Crippen molar-refractivity contribution >= 4 is 10.9 Å². The minimum absolute atomic E-state index is 0.0395. The highest BCUT2D eigenvalue weighted by Crippen LogP contribution is 2.23. The van der Waals surface area contributed by atoms with Gasteiger partial charge in [-0.25, -0.2) is 0 Å². The molecule has 3 nitrogen and oxygen atoms in total. The van der Waals surface area contributed by atoms with Gasteiger partial charge in [-0.1, -0.05) is 6.07 Å². The van der Waals surface area contributed by atoms with E-state index < -0.39 is 0 Å². The van der Waals surface area contributed by atoms with Crippen molar-refractivity contribution in [2.75, 3.05) is 7.11 Å². The molecule has 0 radical (unpaired) electrons. The Kier molecular flexibility index (Phi) is 2.23. The lowest BCUT2D eigenvalue weighted by Gasteiger charge is -2.08. The van der Waals surface area contributed by atoms with Gasteiger partial charge >= 0.3 is 0 Å². The molecule has 2 rings (SSSR count). The number of hydrogen-bond donors (Lipinski definition) is 1. The molecule has 0 unspecified atom stereocenters. The average molecular weight is 203 g/mol. The molecular formula is C12H13NO2. The molecule has 2 aromatic rings. The fourth-order valence-corrected chi connectivity index (χ4v) is 1.80. The van der Waals surface area contributed by atoms with E-state index in [1.165, 1.54) is 0 Å². The highest BCUT2D eigenvalue weighted by molar-refractivity contribution is 5.87. The molecule has 0 aliphatic heterocycles. The third-order valence-corrected chi connectivity index (χ3v) is 2.51. The molecule has 0 spiro atoms.